The quantitative estimate of drug-likeness (QED) is 0.767. The highest BCUT2D eigenvalue weighted by atomic mass is 32.2. The summed E-state index contributed by atoms with van der Waals surface area (Å²) < 4.78 is 30.2. The Bertz CT molecular complexity index is 270. The molecular formula is C10H15F2NO2S. The van der Waals surface area contributed by atoms with Crippen molar-refractivity contribution in [1.82, 2.24) is 5.32 Å². The maximum absolute atomic E-state index is 12.8. The van der Waals surface area contributed by atoms with E-state index in [1.807, 2.05) is 11.8 Å². The summed E-state index contributed by atoms with van der Waals surface area (Å²) in [4.78, 5) is 10.7. The summed E-state index contributed by atoms with van der Waals surface area (Å²) in [6.07, 6.45) is 1.25. The number of alkyl halides is 2. The summed E-state index contributed by atoms with van der Waals surface area (Å²) in [5.41, 5.74) is 0. The molecular weight excluding hydrogens is 236 g/mol. The predicted molar refractivity (Wildman–Crippen MR) is 57.8 cm³/mol. The maximum Gasteiger partial charge on any atom is 0.377 e. The number of halogens is 2. The van der Waals surface area contributed by atoms with Gasteiger partial charge in [0.25, 0.3) is 0 Å². The summed E-state index contributed by atoms with van der Waals surface area (Å²) in [5.74, 6) is -3.48. The SMILES string of the molecule is O=C1OC(CNCC2CCCS2)CC1(F)F. The van der Waals surface area contributed by atoms with Gasteiger partial charge in [0, 0.05) is 18.3 Å². The van der Waals surface area contributed by atoms with Gasteiger partial charge in [0.1, 0.15) is 6.10 Å². The Labute approximate surface area is 97.3 Å². The minimum atomic E-state index is -3.28. The monoisotopic (exact) mass is 251 g/mol. The van der Waals surface area contributed by atoms with Gasteiger partial charge in [0.15, 0.2) is 0 Å². The molecule has 2 saturated heterocycles. The van der Waals surface area contributed by atoms with Gasteiger partial charge in [-0.25, -0.2) is 4.79 Å². The van der Waals surface area contributed by atoms with Crippen LogP contribution in [-0.4, -0.2) is 42.1 Å². The second-order valence-corrected chi connectivity index (χ2v) is 5.64. The van der Waals surface area contributed by atoms with E-state index < -0.39 is 24.4 Å². The van der Waals surface area contributed by atoms with Crippen molar-refractivity contribution >= 4 is 17.7 Å². The van der Waals surface area contributed by atoms with Gasteiger partial charge in [-0.15, -0.1) is 0 Å². The second kappa shape index (κ2) is 4.87. The molecule has 0 saturated carbocycles. The Balaban J connectivity index is 1.65. The number of carbonyl (C=O) groups is 1. The number of carbonyl (C=O) groups excluding carboxylic acids is 1. The molecule has 0 radical (unpaired) electrons. The highest BCUT2D eigenvalue weighted by Gasteiger charge is 2.50. The van der Waals surface area contributed by atoms with E-state index in [2.05, 4.69) is 10.1 Å². The van der Waals surface area contributed by atoms with Gasteiger partial charge in [0.2, 0.25) is 0 Å². The van der Waals surface area contributed by atoms with Crippen molar-refractivity contribution < 1.29 is 18.3 Å². The topological polar surface area (TPSA) is 38.3 Å². The fourth-order valence-electron chi connectivity index (χ4n) is 1.97. The molecule has 0 aliphatic carbocycles. The molecule has 0 spiro atoms. The van der Waals surface area contributed by atoms with E-state index in [0.29, 0.717) is 11.8 Å². The lowest BCUT2D eigenvalue weighted by atomic mass is 10.2. The fourth-order valence-corrected chi connectivity index (χ4v) is 3.21. The van der Waals surface area contributed by atoms with Gasteiger partial charge in [-0.05, 0) is 18.6 Å². The lowest BCUT2D eigenvalue weighted by molar-refractivity contribution is -0.158. The number of ether oxygens (including phenoxy) is 1. The first-order valence-corrected chi connectivity index (χ1v) is 6.54. The summed E-state index contributed by atoms with van der Waals surface area (Å²) >= 11 is 1.91. The lowest BCUT2D eigenvalue weighted by Gasteiger charge is -2.12. The number of thioether (sulfide) groups is 1. The molecule has 2 aliphatic rings. The van der Waals surface area contributed by atoms with Gasteiger partial charge in [-0.1, -0.05) is 0 Å². The minimum absolute atomic E-state index is 0.332. The van der Waals surface area contributed by atoms with Gasteiger partial charge < -0.3 is 10.1 Å². The number of rotatable bonds is 4. The first-order valence-electron chi connectivity index (χ1n) is 5.49. The second-order valence-electron chi connectivity index (χ2n) is 4.23. The summed E-state index contributed by atoms with van der Waals surface area (Å²) in [6.45, 7) is 1.14. The molecule has 16 heavy (non-hydrogen) atoms. The van der Waals surface area contributed by atoms with Crippen molar-refractivity contribution in [3.8, 4) is 0 Å². The third-order valence-corrected chi connectivity index (χ3v) is 4.22. The zero-order chi connectivity index (χ0) is 11.6. The van der Waals surface area contributed by atoms with Crippen LogP contribution in [0.5, 0.6) is 0 Å². The molecule has 2 atom stereocenters. The lowest BCUT2D eigenvalue weighted by Crippen LogP contribution is -2.31. The molecule has 2 aliphatic heterocycles. The van der Waals surface area contributed by atoms with E-state index in [-0.39, 0.29) is 0 Å². The summed E-state index contributed by atoms with van der Waals surface area (Å²) in [5, 5.41) is 3.68. The molecule has 0 aromatic heterocycles. The van der Waals surface area contributed by atoms with Gasteiger partial charge in [0.05, 0.1) is 6.42 Å². The smallest absolute Gasteiger partial charge is 0.377 e. The number of hydrogen-bond donors (Lipinski definition) is 1. The van der Waals surface area contributed by atoms with Crippen molar-refractivity contribution in [3.63, 3.8) is 0 Å². The molecule has 0 aromatic carbocycles. The third-order valence-electron chi connectivity index (χ3n) is 2.82. The molecule has 6 heteroatoms. The van der Waals surface area contributed by atoms with Crippen LogP contribution in [0.4, 0.5) is 8.78 Å². The van der Waals surface area contributed by atoms with Crippen LogP contribution < -0.4 is 5.32 Å². The van der Waals surface area contributed by atoms with Crippen LogP contribution in [0, 0.1) is 0 Å². The molecule has 0 amide bonds. The minimum Gasteiger partial charge on any atom is -0.456 e. The number of cyclic esters (lactones) is 1. The van der Waals surface area contributed by atoms with Crippen molar-refractivity contribution in [2.45, 2.75) is 36.5 Å². The van der Waals surface area contributed by atoms with E-state index in [0.717, 1.165) is 6.54 Å². The van der Waals surface area contributed by atoms with Crippen LogP contribution in [0.3, 0.4) is 0 Å². The van der Waals surface area contributed by atoms with Crippen molar-refractivity contribution in [1.29, 1.82) is 0 Å². The van der Waals surface area contributed by atoms with Gasteiger partial charge in [-0.3, -0.25) is 0 Å². The number of esters is 1. The standard InChI is InChI=1S/C10H15F2NO2S/c11-10(12)4-7(15-9(10)14)5-13-6-8-2-1-3-16-8/h7-8,13H,1-6H2. The van der Waals surface area contributed by atoms with Crippen LogP contribution in [0.2, 0.25) is 0 Å². The Kier molecular flexibility index (Phi) is 3.69. The van der Waals surface area contributed by atoms with Gasteiger partial charge >= 0.3 is 11.9 Å². The molecule has 0 aromatic rings. The van der Waals surface area contributed by atoms with E-state index in [1.165, 1.54) is 18.6 Å². The molecule has 2 unspecified atom stereocenters. The Morgan fingerprint density at radius 1 is 1.50 bits per heavy atom. The van der Waals surface area contributed by atoms with E-state index in [1.54, 1.807) is 0 Å². The van der Waals surface area contributed by atoms with Crippen molar-refractivity contribution in [3.05, 3.63) is 0 Å². The van der Waals surface area contributed by atoms with Crippen molar-refractivity contribution in [2.75, 3.05) is 18.8 Å². The van der Waals surface area contributed by atoms with E-state index in [4.69, 9.17) is 0 Å². The first-order chi connectivity index (χ1) is 7.58. The highest BCUT2D eigenvalue weighted by Crippen LogP contribution is 2.30. The zero-order valence-electron chi connectivity index (χ0n) is 8.88. The molecule has 1 N–H and O–H groups in total. The normalized spacial score (nSPS) is 33.0. The highest BCUT2D eigenvalue weighted by molar-refractivity contribution is 8.00. The van der Waals surface area contributed by atoms with E-state index in [9.17, 15) is 13.6 Å². The van der Waals surface area contributed by atoms with Crippen LogP contribution in [0.25, 0.3) is 0 Å². The van der Waals surface area contributed by atoms with Crippen molar-refractivity contribution in [2.24, 2.45) is 0 Å². The maximum atomic E-state index is 12.8. The Hall–Kier alpha value is -0.360. The van der Waals surface area contributed by atoms with Crippen LogP contribution in [0.1, 0.15) is 19.3 Å². The van der Waals surface area contributed by atoms with Gasteiger partial charge in [-0.2, -0.15) is 20.5 Å². The number of hydrogen-bond acceptors (Lipinski definition) is 4. The van der Waals surface area contributed by atoms with Crippen LogP contribution in [0.15, 0.2) is 0 Å². The third kappa shape index (κ3) is 2.85. The molecule has 2 rings (SSSR count). The van der Waals surface area contributed by atoms with Crippen LogP contribution >= 0.6 is 11.8 Å². The van der Waals surface area contributed by atoms with E-state index >= 15 is 0 Å². The molecule has 92 valence electrons. The molecule has 3 nitrogen and oxygen atoms in total. The number of nitrogens with one attached hydrogen (secondary N) is 1. The molecule has 2 fully saturated rings. The summed E-state index contributed by atoms with van der Waals surface area (Å²) in [7, 11) is 0. The average molecular weight is 251 g/mol. The Morgan fingerprint density at radius 3 is 2.88 bits per heavy atom. The molecule has 2 heterocycles. The predicted octanol–water partition coefficient (Wildman–Crippen LogP) is 1.42. The average Bonchev–Trinajstić information content (AvgIpc) is 2.76. The molecule has 0 bridgehead atoms. The first kappa shape index (κ1) is 12.1. The fraction of sp³-hybridized carbons (Fsp3) is 0.900. The van der Waals surface area contributed by atoms with Crippen LogP contribution in [-0.2, 0) is 9.53 Å². The summed E-state index contributed by atoms with van der Waals surface area (Å²) in [6, 6.07) is 0. The largest absolute Gasteiger partial charge is 0.456 e. The zero-order valence-corrected chi connectivity index (χ0v) is 9.69. The Morgan fingerprint density at radius 2 is 2.31 bits per heavy atom.